The zero-order valence-electron chi connectivity index (χ0n) is 11.0. The Kier molecular flexibility index (Phi) is 4.91. The van der Waals surface area contributed by atoms with Crippen LogP contribution in [-0.4, -0.2) is 49.2 Å². The van der Waals surface area contributed by atoms with Gasteiger partial charge in [0.2, 0.25) is 0 Å². The van der Waals surface area contributed by atoms with Crippen LogP contribution in [0.25, 0.3) is 0 Å². The Balaban J connectivity index is 2.66. The molecule has 0 aliphatic heterocycles. The highest BCUT2D eigenvalue weighted by Gasteiger charge is 2.14. The van der Waals surface area contributed by atoms with E-state index in [1.807, 2.05) is 26.0 Å². The van der Waals surface area contributed by atoms with Crippen LogP contribution in [0.3, 0.4) is 0 Å². The van der Waals surface area contributed by atoms with Gasteiger partial charge < -0.3 is 14.9 Å². The maximum atomic E-state index is 10.6. The fourth-order valence-electron chi connectivity index (χ4n) is 1.66. The molecule has 0 bridgehead atoms. The monoisotopic (exact) mass is 253 g/mol. The molecule has 0 heterocycles. The second-order valence-corrected chi connectivity index (χ2v) is 4.51. The lowest BCUT2D eigenvalue weighted by Crippen LogP contribution is -2.23. The van der Waals surface area contributed by atoms with Gasteiger partial charge in [0.05, 0.1) is 4.92 Å². The normalized spacial score (nSPS) is 10.7. The predicted molar refractivity (Wildman–Crippen MR) is 71.2 cm³/mol. The molecule has 0 saturated carbocycles. The van der Waals surface area contributed by atoms with E-state index >= 15 is 0 Å². The fourth-order valence-corrected chi connectivity index (χ4v) is 1.66. The summed E-state index contributed by atoms with van der Waals surface area (Å²) in [5, 5.41) is 20.1. The number of hydrogen-bond donors (Lipinski definition) is 1. The quantitative estimate of drug-likeness (QED) is 0.617. The highest BCUT2D eigenvalue weighted by atomic mass is 16.6. The van der Waals surface area contributed by atoms with E-state index in [0.29, 0.717) is 0 Å². The molecule has 6 nitrogen and oxygen atoms in total. The first-order valence-electron chi connectivity index (χ1n) is 5.75. The van der Waals surface area contributed by atoms with E-state index in [4.69, 9.17) is 0 Å². The number of benzene rings is 1. The SMILES string of the molecule is CN(C)CCCN(C)c1ccc([N+](=O)[O-])c(O)c1. The summed E-state index contributed by atoms with van der Waals surface area (Å²) in [6.45, 7) is 1.80. The molecule has 18 heavy (non-hydrogen) atoms. The number of phenols is 1. The van der Waals surface area contributed by atoms with Crippen LogP contribution in [0.2, 0.25) is 0 Å². The van der Waals surface area contributed by atoms with Gasteiger partial charge in [0, 0.05) is 31.4 Å². The largest absolute Gasteiger partial charge is 0.502 e. The molecule has 0 unspecified atom stereocenters. The van der Waals surface area contributed by atoms with Gasteiger partial charge in [-0.1, -0.05) is 0 Å². The average molecular weight is 253 g/mol. The Morgan fingerprint density at radius 3 is 2.44 bits per heavy atom. The fraction of sp³-hybridized carbons (Fsp3) is 0.500. The maximum absolute atomic E-state index is 10.6. The molecule has 0 aromatic heterocycles. The Morgan fingerprint density at radius 2 is 1.94 bits per heavy atom. The van der Waals surface area contributed by atoms with Crippen molar-refractivity contribution in [2.24, 2.45) is 0 Å². The number of nitrogens with zero attached hydrogens (tertiary/aromatic N) is 3. The molecule has 6 heteroatoms. The first-order chi connectivity index (χ1) is 8.41. The van der Waals surface area contributed by atoms with Gasteiger partial charge in [-0.3, -0.25) is 10.1 Å². The van der Waals surface area contributed by atoms with Gasteiger partial charge in [-0.15, -0.1) is 0 Å². The molecule has 1 rings (SSSR count). The number of phenolic OH excluding ortho intramolecular Hbond substituents is 1. The molecule has 0 aliphatic carbocycles. The van der Waals surface area contributed by atoms with Crippen LogP contribution in [0.1, 0.15) is 6.42 Å². The number of hydrogen-bond acceptors (Lipinski definition) is 5. The maximum Gasteiger partial charge on any atom is 0.310 e. The summed E-state index contributed by atoms with van der Waals surface area (Å²) in [4.78, 5) is 14.0. The van der Waals surface area contributed by atoms with E-state index in [-0.39, 0.29) is 11.4 Å². The van der Waals surface area contributed by atoms with E-state index in [2.05, 4.69) is 4.90 Å². The lowest BCUT2D eigenvalue weighted by atomic mass is 10.2. The number of aromatic hydroxyl groups is 1. The zero-order chi connectivity index (χ0) is 13.7. The first kappa shape index (κ1) is 14.2. The lowest BCUT2D eigenvalue weighted by Gasteiger charge is -2.20. The topological polar surface area (TPSA) is 69.9 Å². The van der Waals surface area contributed by atoms with Gasteiger partial charge in [-0.05, 0) is 33.1 Å². The average Bonchev–Trinajstić information content (AvgIpc) is 2.27. The summed E-state index contributed by atoms with van der Waals surface area (Å²) in [6.07, 6.45) is 0.987. The molecule has 0 atom stereocenters. The summed E-state index contributed by atoms with van der Waals surface area (Å²) < 4.78 is 0. The van der Waals surface area contributed by atoms with Crippen molar-refractivity contribution in [1.82, 2.24) is 4.90 Å². The van der Waals surface area contributed by atoms with Crippen molar-refractivity contribution in [3.8, 4) is 5.75 Å². The van der Waals surface area contributed by atoms with Crippen LogP contribution in [0, 0.1) is 10.1 Å². The lowest BCUT2D eigenvalue weighted by molar-refractivity contribution is -0.385. The Hall–Kier alpha value is -1.82. The van der Waals surface area contributed by atoms with Crippen LogP contribution < -0.4 is 4.90 Å². The van der Waals surface area contributed by atoms with E-state index in [1.54, 1.807) is 6.07 Å². The molecule has 0 saturated heterocycles. The number of rotatable bonds is 6. The van der Waals surface area contributed by atoms with Crippen LogP contribution in [0.4, 0.5) is 11.4 Å². The van der Waals surface area contributed by atoms with Gasteiger partial charge in [0.25, 0.3) is 0 Å². The van der Waals surface area contributed by atoms with Crippen molar-refractivity contribution >= 4 is 11.4 Å². The Morgan fingerprint density at radius 1 is 1.28 bits per heavy atom. The van der Waals surface area contributed by atoms with Crippen LogP contribution in [0.15, 0.2) is 18.2 Å². The standard InChI is InChI=1S/C12H19N3O3/c1-13(2)7-4-8-14(3)10-5-6-11(15(17)18)12(16)9-10/h5-6,9,16H,4,7-8H2,1-3H3. The number of anilines is 1. The molecule has 0 amide bonds. The van der Waals surface area contributed by atoms with Crippen LogP contribution >= 0.6 is 0 Å². The van der Waals surface area contributed by atoms with Gasteiger partial charge in [-0.25, -0.2) is 0 Å². The smallest absolute Gasteiger partial charge is 0.310 e. The van der Waals surface area contributed by atoms with E-state index in [9.17, 15) is 15.2 Å². The van der Waals surface area contributed by atoms with Crippen molar-refractivity contribution in [1.29, 1.82) is 0 Å². The minimum absolute atomic E-state index is 0.263. The Labute approximate surface area is 107 Å². The summed E-state index contributed by atoms with van der Waals surface area (Å²) >= 11 is 0. The van der Waals surface area contributed by atoms with Gasteiger partial charge in [0.15, 0.2) is 5.75 Å². The molecule has 1 aromatic rings. The highest BCUT2D eigenvalue weighted by Crippen LogP contribution is 2.29. The molecular formula is C12H19N3O3. The van der Waals surface area contributed by atoms with Crippen molar-refractivity contribution in [2.45, 2.75) is 6.42 Å². The van der Waals surface area contributed by atoms with Crippen molar-refractivity contribution in [2.75, 3.05) is 39.1 Å². The van der Waals surface area contributed by atoms with Crippen LogP contribution in [0.5, 0.6) is 5.75 Å². The molecule has 100 valence electrons. The second-order valence-electron chi connectivity index (χ2n) is 4.51. The molecule has 0 spiro atoms. The molecule has 1 N–H and O–H groups in total. The van der Waals surface area contributed by atoms with E-state index in [0.717, 1.165) is 25.2 Å². The van der Waals surface area contributed by atoms with Gasteiger partial charge in [-0.2, -0.15) is 0 Å². The summed E-state index contributed by atoms with van der Waals surface area (Å²) in [5.74, 6) is -0.294. The third-order valence-corrected chi connectivity index (χ3v) is 2.70. The van der Waals surface area contributed by atoms with Crippen molar-refractivity contribution in [3.63, 3.8) is 0 Å². The van der Waals surface area contributed by atoms with Gasteiger partial charge >= 0.3 is 5.69 Å². The second kappa shape index (κ2) is 6.20. The van der Waals surface area contributed by atoms with E-state index in [1.165, 1.54) is 12.1 Å². The van der Waals surface area contributed by atoms with Crippen LogP contribution in [-0.2, 0) is 0 Å². The van der Waals surface area contributed by atoms with Crippen molar-refractivity contribution in [3.05, 3.63) is 28.3 Å². The summed E-state index contributed by atoms with van der Waals surface area (Å²) in [5.41, 5.74) is 0.511. The third kappa shape index (κ3) is 3.89. The minimum Gasteiger partial charge on any atom is -0.502 e. The van der Waals surface area contributed by atoms with Crippen molar-refractivity contribution < 1.29 is 10.0 Å². The summed E-state index contributed by atoms with van der Waals surface area (Å²) in [6, 6.07) is 4.40. The third-order valence-electron chi connectivity index (χ3n) is 2.70. The van der Waals surface area contributed by atoms with Gasteiger partial charge in [0.1, 0.15) is 0 Å². The Bertz CT molecular complexity index is 421. The molecule has 0 aliphatic rings. The zero-order valence-corrected chi connectivity index (χ0v) is 11.0. The van der Waals surface area contributed by atoms with E-state index < -0.39 is 4.92 Å². The molecule has 0 fully saturated rings. The number of nitro benzene ring substituents is 1. The minimum atomic E-state index is -0.592. The molecule has 1 aromatic carbocycles. The summed E-state index contributed by atoms with van der Waals surface area (Å²) in [7, 11) is 5.92. The number of nitro groups is 1. The molecule has 0 radical (unpaired) electrons. The predicted octanol–water partition coefficient (Wildman–Crippen LogP) is 1.69. The first-order valence-corrected chi connectivity index (χ1v) is 5.75. The highest BCUT2D eigenvalue weighted by molar-refractivity contribution is 5.58. The molecular weight excluding hydrogens is 234 g/mol.